The maximum absolute atomic E-state index is 10.8. The molecule has 2 bridgehead atoms. The Hall–Kier alpha value is -1.15. The van der Waals surface area contributed by atoms with Crippen LogP contribution in [-0.4, -0.2) is 11.3 Å². The van der Waals surface area contributed by atoms with Crippen LogP contribution in [0.1, 0.15) is 0 Å². The second kappa shape index (κ2) is 1.67. The van der Waals surface area contributed by atoms with Crippen molar-refractivity contribution in [1.82, 2.24) is 0 Å². The minimum Gasteiger partial charge on any atom is -0.412 e. The lowest BCUT2D eigenvalue weighted by molar-refractivity contribution is -0.111. The van der Waals surface area contributed by atoms with Crippen molar-refractivity contribution in [3.8, 4) is 0 Å². The number of rotatable bonds is 0. The average molecular weight is 122 g/mol. The molecule has 2 heteroatoms. The van der Waals surface area contributed by atoms with Gasteiger partial charge in [-0.3, -0.25) is 4.79 Å². The fourth-order valence-electron chi connectivity index (χ4n) is 0.940. The second-order valence-electron chi connectivity index (χ2n) is 1.91. The molecule has 0 spiro atoms. The summed E-state index contributed by atoms with van der Waals surface area (Å²) in [6, 6.07) is 0. The van der Waals surface area contributed by atoms with Crippen molar-refractivity contribution in [3.63, 3.8) is 0 Å². The van der Waals surface area contributed by atoms with Gasteiger partial charge < -0.3 is 5.48 Å². The van der Waals surface area contributed by atoms with Crippen molar-refractivity contribution in [2.75, 3.05) is 0 Å². The van der Waals surface area contributed by atoms with Gasteiger partial charge >= 0.3 is 0 Å². The molecule has 0 saturated heterocycles. The fourth-order valence-corrected chi connectivity index (χ4v) is 0.940. The minimum absolute atomic E-state index is 0. The van der Waals surface area contributed by atoms with Gasteiger partial charge in [0.05, 0.1) is 0 Å². The Bertz CT molecular complexity index is 220. The Morgan fingerprint density at radius 2 is 1.44 bits per heavy atom. The second-order valence-corrected chi connectivity index (χ2v) is 1.91. The van der Waals surface area contributed by atoms with Gasteiger partial charge in [0.1, 0.15) is 0 Å². The van der Waals surface area contributed by atoms with Crippen LogP contribution in [-0.2, 0) is 4.79 Å². The van der Waals surface area contributed by atoms with Gasteiger partial charge in [-0.1, -0.05) is 24.3 Å². The van der Waals surface area contributed by atoms with Crippen LogP contribution in [0.2, 0.25) is 0 Å². The summed E-state index contributed by atoms with van der Waals surface area (Å²) in [6.07, 6.45) is 7.38. The SMILES string of the molecule is O.O=C1C2=CC=C1C=C2. The largest absolute Gasteiger partial charge is 0.412 e. The number of Topliss-reactive ketones (excluding diaryl/α,β-unsaturated/α-hetero) is 1. The van der Waals surface area contributed by atoms with Gasteiger partial charge in [0.15, 0.2) is 5.78 Å². The first-order chi connectivity index (χ1) is 3.88. The van der Waals surface area contributed by atoms with E-state index in [1.54, 1.807) is 0 Å². The maximum atomic E-state index is 10.8. The van der Waals surface area contributed by atoms with Crippen LogP contribution in [0.15, 0.2) is 35.5 Å². The summed E-state index contributed by atoms with van der Waals surface area (Å²) in [5.74, 6) is 0.185. The lowest BCUT2D eigenvalue weighted by atomic mass is 10.2. The fraction of sp³-hybridized carbons (Fsp3) is 0. The highest BCUT2D eigenvalue weighted by Gasteiger charge is 2.19. The van der Waals surface area contributed by atoms with E-state index in [0.29, 0.717) is 0 Å². The van der Waals surface area contributed by atoms with Crippen LogP contribution >= 0.6 is 0 Å². The first-order valence-corrected chi connectivity index (χ1v) is 2.53. The number of hydrogen-bond acceptors (Lipinski definition) is 1. The van der Waals surface area contributed by atoms with E-state index >= 15 is 0 Å². The molecular weight excluding hydrogens is 116 g/mol. The Kier molecular flexibility index (Phi) is 1.11. The van der Waals surface area contributed by atoms with E-state index < -0.39 is 0 Å². The number of carbonyl (C=O) groups excluding carboxylic acids is 1. The third-order valence-electron chi connectivity index (χ3n) is 1.41. The smallest absolute Gasteiger partial charge is 0.193 e. The van der Waals surface area contributed by atoms with Gasteiger partial charge in [-0.25, -0.2) is 0 Å². The molecule has 0 aromatic rings. The Labute approximate surface area is 52.5 Å². The van der Waals surface area contributed by atoms with Crippen molar-refractivity contribution in [1.29, 1.82) is 0 Å². The van der Waals surface area contributed by atoms with E-state index in [2.05, 4.69) is 0 Å². The predicted octanol–water partition coefficient (Wildman–Crippen LogP) is 0.167. The molecule has 2 aliphatic rings. The Balaban J connectivity index is 0.000000405. The molecule has 0 aliphatic heterocycles. The van der Waals surface area contributed by atoms with Crippen LogP contribution in [0.5, 0.6) is 0 Å². The molecule has 0 unspecified atom stereocenters. The summed E-state index contributed by atoms with van der Waals surface area (Å²) in [5, 5.41) is 0. The Morgan fingerprint density at radius 3 is 1.56 bits per heavy atom. The van der Waals surface area contributed by atoms with Gasteiger partial charge in [-0.15, -0.1) is 0 Å². The van der Waals surface area contributed by atoms with Crippen molar-refractivity contribution >= 4 is 5.78 Å². The molecule has 46 valence electrons. The molecule has 2 rings (SSSR count). The first kappa shape index (κ1) is 5.98. The minimum atomic E-state index is 0. The van der Waals surface area contributed by atoms with Crippen LogP contribution in [0.25, 0.3) is 0 Å². The highest BCUT2D eigenvalue weighted by atomic mass is 16.1. The zero-order chi connectivity index (χ0) is 5.56. The molecular formula is C7H6O2. The van der Waals surface area contributed by atoms with E-state index in [9.17, 15) is 4.79 Å². The first-order valence-electron chi connectivity index (χ1n) is 2.53. The summed E-state index contributed by atoms with van der Waals surface area (Å²) in [5.41, 5.74) is 1.67. The molecule has 2 nitrogen and oxygen atoms in total. The molecule has 2 N–H and O–H groups in total. The molecule has 2 aliphatic carbocycles. The average Bonchev–Trinajstić information content (AvgIpc) is 2.29. The molecule has 0 aromatic carbocycles. The van der Waals surface area contributed by atoms with Crippen molar-refractivity contribution in [2.24, 2.45) is 0 Å². The van der Waals surface area contributed by atoms with Crippen LogP contribution in [0, 0.1) is 0 Å². The van der Waals surface area contributed by atoms with E-state index in [1.807, 2.05) is 24.3 Å². The summed E-state index contributed by atoms with van der Waals surface area (Å²) in [7, 11) is 0. The molecule has 0 saturated carbocycles. The van der Waals surface area contributed by atoms with Gasteiger partial charge in [0.25, 0.3) is 0 Å². The van der Waals surface area contributed by atoms with Crippen molar-refractivity contribution in [2.45, 2.75) is 0 Å². The zero-order valence-electron chi connectivity index (χ0n) is 4.72. The van der Waals surface area contributed by atoms with Crippen LogP contribution in [0.4, 0.5) is 0 Å². The van der Waals surface area contributed by atoms with Gasteiger partial charge in [0.2, 0.25) is 0 Å². The molecule has 0 heterocycles. The molecule has 0 amide bonds. The van der Waals surface area contributed by atoms with Crippen LogP contribution in [0.3, 0.4) is 0 Å². The zero-order valence-corrected chi connectivity index (χ0v) is 4.72. The van der Waals surface area contributed by atoms with E-state index in [4.69, 9.17) is 0 Å². The molecule has 0 atom stereocenters. The van der Waals surface area contributed by atoms with Crippen molar-refractivity contribution < 1.29 is 10.3 Å². The number of carbonyl (C=O) groups is 1. The predicted molar refractivity (Wildman–Crippen MR) is 33.9 cm³/mol. The summed E-state index contributed by atoms with van der Waals surface area (Å²) in [4.78, 5) is 10.8. The maximum Gasteiger partial charge on any atom is 0.193 e. The lowest BCUT2D eigenvalue weighted by Gasteiger charge is -1.78. The highest BCUT2D eigenvalue weighted by Crippen LogP contribution is 2.23. The topological polar surface area (TPSA) is 48.6 Å². The molecule has 0 radical (unpaired) electrons. The third-order valence-corrected chi connectivity index (χ3v) is 1.41. The number of hydrogen-bond donors (Lipinski definition) is 0. The van der Waals surface area contributed by atoms with Crippen LogP contribution < -0.4 is 0 Å². The number of fused-ring (bicyclic) bond motifs is 2. The van der Waals surface area contributed by atoms with Crippen molar-refractivity contribution in [3.05, 3.63) is 35.5 Å². The van der Waals surface area contributed by atoms with E-state index in [0.717, 1.165) is 11.1 Å². The van der Waals surface area contributed by atoms with E-state index in [1.165, 1.54) is 0 Å². The number of allylic oxidation sites excluding steroid dienone is 6. The molecule has 0 aromatic heterocycles. The van der Waals surface area contributed by atoms with Gasteiger partial charge in [-0.05, 0) is 0 Å². The molecule has 0 fully saturated rings. The molecule has 9 heavy (non-hydrogen) atoms. The quantitative estimate of drug-likeness (QED) is 0.451. The third kappa shape index (κ3) is 0.568. The normalized spacial score (nSPS) is 19.3. The summed E-state index contributed by atoms with van der Waals surface area (Å²) >= 11 is 0. The van der Waals surface area contributed by atoms with Gasteiger partial charge in [0, 0.05) is 11.1 Å². The monoisotopic (exact) mass is 122 g/mol. The van der Waals surface area contributed by atoms with Gasteiger partial charge in [-0.2, -0.15) is 0 Å². The highest BCUT2D eigenvalue weighted by molar-refractivity contribution is 6.17. The number of ketones is 1. The standard InChI is InChI=1S/C7H4O.H2O/c8-7-5-1-2-6(7)4-3-5;/h1-4H;1H2. The lowest BCUT2D eigenvalue weighted by Crippen LogP contribution is -1.89. The Morgan fingerprint density at radius 1 is 1.00 bits per heavy atom. The van der Waals surface area contributed by atoms with E-state index in [-0.39, 0.29) is 11.3 Å². The summed E-state index contributed by atoms with van der Waals surface area (Å²) < 4.78 is 0. The summed E-state index contributed by atoms with van der Waals surface area (Å²) in [6.45, 7) is 0.